The lowest BCUT2D eigenvalue weighted by molar-refractivity contribution is -0.125. The van der Waals surface area contributed by atoms with Crippen LogP contribution in [-0.4, -0.2) is 57.2 Å². The number of likely N-dealkylation sites (N-methyl/N-ethyl adjacent to an activating group) is 1. The van der Waals surface area contributed by atoms with E-state index in [9.17, 15) is 9.59 Å². The first kappa shape index (κ1) is 20.5. The molecule has 0 spiro atoms. The number of methoxy groups -OCH3 is 2. The van der Waals surface area contributed by atoms with Gasteiger partial charge in [0.15, 0.2) is 17.6 Å². The Labute approximate surface area is 169 Å². The van der Waals surface area contributed by atoms with E-state index in [0.29, 0.717) is 29.5 Å². The third-order valence-electron chi connectivity index (χ3n) is 4.72. The van der Waals surface area contributed by atoms with Gasteiger partial charge in [0.2, 0.25) is 5.91 Å². The third-order valence-corrected chi connectivity index (χ3v) is 4.72. The predicted octanol–water partition coefficient (Wildman–Crippen LogP) is 1.42. The second-order valence-electron chi connectivity index (χ2n) is 6.81. The molecule has 8 nitrogen and oxygen atoms in total. The summed E-state index contributed by atoms with van der Waals surface area (Å²) in [4.78, 5) is 28.1. The molecule has 0 aromatic heterocycles. The number of amides is 2. The molecule has 1 unspecified atom stereocenters. The maximum absolute atomic E-state index is 13.0. The van der Waals surface area contributed by atoms with Gasteiger partial charge < -0.3 is 24.8 Å². The number of hydrogen-bond donors (Lipinski definition) is 1. The van der Waals surface area contributed by atoms with E-state index in [-0.39, 0.29) is 19.0 Å². The van der Waals surface area contributed by atoms with E-state index >= 15 is 0 Å². The number of primary amides is 1. The van der Waals surface area contributed by atoms with Gasteiger partial charge >= 0.3 is 0 Å². The highest BCUT2D eigenvalue weighted by atomic mass is 16.5. The van der Waals surface area contributed by atoms with Gasteiger partial charge in [0.1, 0.15) is 5.75 Å². The molecular formula is C21H25N3O5. The normalized spacial score (nSPS) is 15.4. The van der Waals surface area contributed by atoms with Gasteiger partial charge in [-0.2, -0.15) is 0 Å². The molecule has 0 bridgehead atoms. The minimum Gasteiger partial charge on any atom is -0.493 e. The molecule has 3 rings (SSSR count). The summed E-state index contributed by atoms with van der Waals surface area (Å²) < 4.78 is 16.4. The molecule has 1 atom stereocenters. The average molecular weight is 399 g/mol. The van der Waals surface area contributed by atoms with E-state index in [2.05, 4.69) is 0 Å². The number of rotatable bonds is 7. The summed E-state index contributed by atoms with van der Waals surface area (Å²) in [5.41, 5.74) is 6.94. The van der Waals surface area contributed by atoms with Crippen molar-refractivity contribution in [3.8, 4) is 17.2 Å². The largest absolute Gasteiger partial charge is 0.493 e. The highest BCUT2D eigenvalue weighted by Crippen LogP contribution is 2.34. The first-order valence-corrected chi connectivity index (χ1v) is 9.18. The molecule has 0 fully saturated rings. The van der Waals surface area contributed by atoms with E-state index in [1.807, 2.05) is 36.2 Å². The van der Waals surface area contributed by atoms with Gasteiger partial charge in [0.05, 0.1) is 33.0 Å². The number of fused-ring (bicyclic) bond motifs is 1. The molecule has 2 amide bonds. The number of ether oxygens (including phenoxy) is 3. The van der Waals surface area contributed by atoms with Crippen LogP contribution in [0.4, 0.5) is 5.69 Å². The number of anilines is 1. The van der Waals surface area contributed by atoms with E-state index in [1.165, 1.54) is 0 Å². The van der Waals surface area contributed by atoms with Crippen LogP contribution in [0.5, 0.6) is 17.2 Å². The van der Waals surface area contributed by atoms with Gasteiger partial charge in [-0.05, 0) is 25.2 Å². The Morgan fingerprint density at radius 2 is 1.93 bits per heavy atom. The second kappa shape index (κ2) is 8.83. The van der Waals surface area contributed by atoms with E-state index in [0.717, 1.165) is 5.56 Å². The molecule has 0 saturated carbocycles. The molecule has 8 heteroatoms. The number of benzene rings is 2. The topological polar surface area (TPSA) is 94.3 Å². The van der Waals surface area contributed by atoms with E-state index in [1.54, 1.807) is 37.3 Å². The van der Waals surface area contributed by atoms with Gasteiger partial charge in [-0.3, -0.25) is 14.5 Å². The number of hydrogen-bond acceptors (Lipinski definition) is 6. The van der Waals surface area contributed by atoms with Gasteiger partial charge in [0.25, 0.3) is 5.91 Å². The molecular weight excluding hydrogens is 374 g/mol. The highest BCUT2D eigenvalue weighted by molar-refractivity contribution is 5.98. The SMILES string of the molecule is COc1cccc(CN(C)CC(=O)N2CC(C(N)=O)Oc3ccccc32)c1OC. The van der Waals surface area contributed by atoms with Crippen molar-refractivity contribution in [2.75, 3.05) is 39.3 Å². The number of nitrogens with two attached hydrogens (primary N) is 1. The second-order valence-corrected chi connectivity index (χ2v) is 6.81. The fourth-order valence-corrected chi connectivity index (χ4v) is 3.36. The Balaban J connectivity index is 1.75. The molecule has 0 aliphatic carbocycles. The summed E-state index contributed by atoms with van der Waals surface area (Å²) in [6.07, 6.45) is -0.877. The van der Waals surface area contributed by atoms with Crippen LogP contribution in [0.15, 0.2) is 42.5 Å². The van der Waals surface area contributed by atoms with Crippen molar-refractivity contribution in [2.24, 2.45) is 5.73 Å². The number of para-hydroxylation sites is 3. The minimum atomic E-state index is -0.877. The van der Waals surface area contributed by atoms with Crippen molar-refractivity contribution in [2.45, 2.75) is 12.6 Å². The first-order chi connectivity index (χ1) is 13.9. The fourth-order valence-electron chi connectivity index (χ4n) is 3.36. The van der Waals surface area contributed by atoms with Crippen LogP contribution >= 0.6 is 0 Å². The summed E-state index contributed by atoms with van der Waals surface area (Å²) in [6, 6.07) is 12.7. The van der Waals surface area contributed by atoms with Crippen molar-refractivity contribution in [3.63, 3.8) is 0 Å². The highest BCUT2D eigenvalue weighted by Gasteiger charge is 2.32. The number of carbonyl (C=O) groups excluding carboxylic acids is 2. The first-order valence-electron chi connectivity index (χ1n) is 9.18. The third kappa shape index (κ3) is 4.43. The molecule has 2 aromatic carbocycles. The quantitative estimate of drug-likeness (QED) is 0.757. The van der Waals surface area contributed by atoms with Gasteiger partial charge in [0, 0.05) is 12.1 Å². The summed E-state index contributed by atoms with van der Waals surface area (Å²) in [6.45, 7) is 0.707. The monoisotopic (exact) mass is 399 g/mol. The zero-order valence-corrected chi connectivity index (χ0v) is 16.8. The van der Waals surface area contributed by atoms with E-state index in [4.69, 9.17) is 19.9 Å². The molecule has 2 N–H and O–H groups in total. The summed E-state index contributed by atoms with van der Waals surface area (Å²) in [5.74, 6) is 0.979. The van der Waals surface area contributed by atoms with Crippen LogP contribution in [0.1, 0.15) is 5.56 Å². The van der Waals surface area contributed by atoms with Crippen LogP contribution in [0.3, 0.4) is 0 Å². The standard InChI is InChI=1S/C21H25N3O5/c1-23(11-14-7-6-10-17(27-2)20(14)28-3)13-19(25)24-12-18(21(22)26)29-16-9-5-4-8-15(16)24/h4-10,18H,11-13H2,1-3H3,(H2,22,26). The van der Waals surface area contributed by atoms with Crippen LogP contribution in [0.25, 0.3) is 0 Å². The molecule has 1 aliphatic rings. The van der Waals surface area contributed by atoms with Gasteiger partial charge in [-0.25, -0.2) is 0 Å². The van der Waals surface area contributed by atoms with Crippen LogP contribution in [-0.2, 0) is 16.1 Å². The molecule has 2 aromatic rings. The Morgan fingerprint density at radius 1 is 1.17 bits per heavy atom. The summed E-state index contributed by atoms with van der Waals surface area (Å²) in [7, 11) is 5.01. The average Bonchev–Trinajstić information content (AvgIpc) is 2.72. The van der Waals surface area contributed by atoms with Gasteiger partial charge in [-0.15, -0.1) is 0 Å². The zero-order chi connectivity index (χ0) is 21.0. The smallest absolute Gasteiger partial charge is 0.260 e. The van der Waals surface area contributed by atoms with Gasteiger partial charge in [-0.1, -0.05) is 24.3 Å². The molecule has 0 saturated heterocycles. The maximum Gasteiger partial charge on any atom is 0.260 e. The predicted molar refractivity (Wildman–Crippen MR) is 108 cm³/mol. The van der Waals surface area contributed by atoms with E-state index < -0.39 is 12.0 Å². The molecule has 1 heterocycles. The lowest BCUT2D eigenvalue weighted by atomic mass is 10.1. The van der Waals surface area contributed by atoms with Crippen LogP contribution in [0.2, 0.25) is 0 Å². The Hall–Kier alpha value is -3.26. The number of carbonyl (C=O) groups is 2. The van der Waals surface area contributed by atoms with Crippen molar-refractivity contribution >= 4 is 17.5 Å². The lowest BCUT2D eigenvalue weighted by Crippen LogP contribution is -2.51. The Morgan fingerprint density at radius 3 is 2.62 bits per heavy atom. The van der Waals surface area contributed by atoms with Crippen LogP contribution in [0, 0.1) is 0 Å². The minimum absolute atomic E-state index is 0.0848. The van der Waals surface area contributed by atoms with Crippen molar-refractivity contribution in [3.05, 3.63) is 48.0 Å². The van der Waals surface area contributed by atoms with Crippen molar-refractivity contribution in [1.29, 1.82) is 0 Å². The Bertz CT molecular complexity index is 902. The Kier molecular flexibility index (Phi) is 6.23. The molecule has 1 aliphatic heterocycles. The maximum atomic E-state index is 13.0. The fraction of sp³-hybridized carbons (Fsp3) is 0.333. The number of nitrogens with zero attached hydrogens (tertiary/aromatic N) is 2. The lowest BCUT2D eigenvalue weighted by Gasteiger charge is -2.34. The molecule has 0 radical (unpaired) electrons. The summed E-state index contributed by atoms with van der Waals surface area (Å²) in [5, 5.41) is 0. The molecule has 154 valence electrons. The summed E-state index contributed by atoms with van der Waals surface area (Å²) >= 11 is 0. The van der Waals surface area contributed by atoms with Crippen molar-refractivity contribution < 1.29 is 23.8 Å². The zero-order valence-electron chi connectivity index (χ0n) is 16.8. The van der Waals surface area contributed by atoms with Crippen molar-refractivity contribution in [1.82, 2.24) is 4.90 Å². The molecule has 29 heavy (non-hydrogen) atoms. The van der Waals surface area contributed by atoms with Crippen LogP contribution < -0.4 is 24.8 Å².